The van der Waals surface area contributed by atoms with Gasteiger partial charge >= 0.3 is 6.18 Å². The molecule has 2 aromatic rings. The number of piperidine rings is 1. The Morgan fingerprint density at radius 2 is 1.82 bits per heavy atom. The van der Waals surface area contributed by atoms with Crippen molar-refractivity contribution in [2.24, 2.45) is 0 Å². The van der Waals surface area contributed by atoms with Crippen molar-refractivity contribution in [3.63, 3.8) is 0 Å². The van der Waals surface area contributed by atoms with Gasteiger partial charge in [0.1, 0.15) is 17.5 Å². The van der Waals surface area contributed by atoms with Crippen molar-refractivity contribution in [1.82, 2.24) is 19.9 Å². The number of anilines is 3. The van der Waals surface area contributed by atoms with Gasteiger partial charge < -0.3 is 15.1 Å². The summed E-state index contributed by atoms with van der Waals surface area (Å²) in [6, 6.07) is 3.52. The maximum atomic E-state index is 13.8. The number of hydrogen-bond acceptors (Lipinski definition) is 6. The first-order valence-electron chi connectivity index (χ1n) is 10.6. The van der Waals surface area contributed by atoms with Crippen LogP contribution in [-0.4, -0.2) is 57.9 Å². The van der Waals surface area contributed by atoms with Crippen molar-refractivity contribution >= 4 is 23.4 Å². The first-order valence-corrected chi connectivity index (χ1v) is 10.6. The highest BCUT2D eigenvalue weighted by atomic mass is 19.4. The highest BCUT2D eigenvalue weighted by Crippen LogP contribution is 2.35. The van der Waals surface area contributed by atoms with Gasteiger partial charge in [0.25, 0.3) is 5.92 Å². The standard InChI is InChI=1S/C21H23F5N6O/c1-13(33)31-5-2-14(3-6-31)15-8-17(29-18-11-27-16(10-28-18)21(24,25)26)30-19(9-15)32-7-4-20(22,23)12-32/h8-11,14H,2-7,12H2,1H3,(H,28,29,30). The average Bonchev–Trinajstić information content (AvgIpc) is 3.13. The summed E-state index contributed by atoms with van der Waals surface area (Å²) in [5, 5.41) is 2.84. The zero-order valence-electron chi connectivity index (χ0n) is 17.9. The number of rotatable bonds is 4. The van der Waals surface area contributed by atoms with Crippen LogP contribution in [0.5, 0.6) is 0 Å². The van der Waals surface area contributed by atoms with E-state index in [1.165, 1.54) is 11.8 Å². The second-order valence-corrected chi connectivity index (χ2v) is 8.36. The molecule has 0 aromatic carbocycles. The quantitative estimate of drug-likeness (QED) is 0.675. The molecule has 2 aliphatic rings. The molecular weight excluding hydrogens is 447 g/mol. The molecular formula is C21H23F5N6O. The van der Waals surface area contributed by atoms with E-state index < -0.39 is 24.3 Å². The Labute approximate surface area is 187 Å². The molecule has 2 fully saturated rings. The molecule has 1 N–H and O–H groups in total. The van der Waals surface area contributed by atoms with E-state index in [1.54, 1.807) is 17.0 Å². The molecule has 4 heterocycles. The molecule has 1 amide bonds. The lowest BCUT2D eigenvalue weighted by Crippen LogP contribution is -2.36. The number of amides is 1. The van der Waals surface area contributed by atoms with E-state index in [-0.39, 0.29) is 36.4 Å². The fourth-order valence-electron chi connectivity index (χ4n) is 4.13. The minimum absolute atomic E-state index is 0.00593. The minimum atomic E-state index is -4.60. The van der Waals surface area contributed by atoms with Gasteiger partial charge in [0.2, 0.25) is 5.91 Å². The van der Waals surface area contributed by atoms with Gasteiger partial charge in [-0.2, -0.15) is 13.2 Å². The van der Waals surface area contributed by atoms with E-state index in [4.69, 9.17) is 0 Å². The number of nitrogens with one attached hydrogen (secondary N) is 1. The summed E-state index contributed by atoms with van der Waals surface area (Å²) in [6.07, 6.45) is -1.90. The van der Waals surface area contributed by atoms with Gasteiger partial charge in [-0.3, -0.25) is 4.79 Å². The van der Waals surface area contributed by atoms with Gasteiger partial charge in [-0.1, -0.05) is 0 Å². The molecule has 0 atom stereocenters. The van der Waals surface area contributed by atoms with E-state index >= 15 is 0 Å². The summed E-state index contributed by atoms with van der Waals surface area (Å²) < 4.78 is 65.8. The molecule has 0 aliphatic carbocycles. The van der Waals surface area contributed by atoms with Crippen LogP contribution in [-0.2, 0) is 11.0 Å². The van der Waals surface area contributed by atoms with Crippen molar-refractivity contribution in [1.29, 1.82) is 0 Å². The smallest absolute Gasteiger partial charge is 0.350 e. The highest BCUT2D eigenvalue weighted by Gasteiger charge is 2.39. The molecule has 178 valence electrons. The number of hydrogen-bond donors (Lipinski definition) is 1. The summed E-state index contributed by atoms with van der Waals surface area (Å²) in [5.74, 6) is -2.02. The molecule has 0 unspecified atom stereocenters. The van der Waals surface area contributed by atoms with Crippen molar-refractivity contribution in [2.75, 3.05) is 36.4 Å². The lowest BCUT2D eigenvalue weighted by Gasteiger charge is -2.32. The Bertz CT molecular complexity index is 1010. The van der Waals surface area contributed by atoms with Crippen LogP contribution in [0, 0.1) is 0 Å². The number of carbonyl (C=O) groups is 1. The number of alkyl halides is 5. The molecule has 7 nitrogen and oxygen atoms in total. The Balaban J connectivity index is 1.60. The third-order valence-electron chi connectivity index (χ3n) is 5.94. The lowest BCUT2D eigenvalue weighted by atomic mass is 9.89. The van der Waals surface area contributed by atoms with Crippen LogP contribution in [0.1, 0.15) is 43.4 Å². The summed E-state index contributed by atoms with van der Waals surface area (Å²) >= 11 is 0. The summed E-state index contributed by atoms with van der Waals surface area (Å²) in [7, 11) is 0. The van der Waals surface area contributed by atoms with Gasteiger partial charge in [0.05, 0.1) is 18.9 Å². The molecule has 4 rings (SSSR count). The Kier molecular flexibility index (Phi) is 6.10. The molecule has 2 aliphatic heterocycles. The first-order chi connectivity index (χ1) is 15.5. The maximum absolute atomic E-state index is 13.8. The largest absolute Gasteiger partial charge is 0.434 e. The monoisotopic (exact) mass is 470 g/mol. The van der Waals surface area contributed by atoms with Crippen molar-refractivity contribution in [2.45, 2.75) is 44.2 Å². The van der Waals surface area contributed by atoms with E-state index in [9.17, 15) is 26.7 Å². The zero-order valence-corrected chi connectivity index (χ0v) is 17.9. The zero-order chi connectivity index (χ0) is 23.8. The predicted molar refractivity (Wildman–Crippen MR) is 111 cm³/mol. The molecule has 0 radical (unpaired) electrons. The third kappa shape index (κ3) is 5.48. The van der Waals surface area contributed by atoms with E-state index in [2.05, 4.69) is 20.3 Å². The lowest BCUT2D eigenvalue weighted by molar-refractivity contribution is -0.141. The molecule has 12 heteroatoms. The summed E-state index contributed by atoms with van der Waals surface area (Å²) in [5.41, 5.74) is -0.257. The normalized spacial score (nSPS) is 19.1. The Morgan fingerprint density at radius 3 is 2.36 bits per heavy atom. The van der Waals surface area contributed by atoms with Crippen LogP contribution in [0.2, 0.25) is 0 Å². The summed E-state index contributed by atoms with van der Waals surface area (Å²) in [4.78, 5) is 26.4. The molecule has 33 heavy (non-hydrogen) atoms. The number of aromatic nitrogens is 3. The second-order valence-electron chi connectivity index (χ2n) is 8.36. The van der Waals surface area contributed by atoms with E-state index in [0.29, 0.717) is 37.9 Å². The van der Waals surface area contributed by atoms with Crippen molar-refractivity contribution < 1.29 is 26.7 Å². The van der Waals surface area contributed by atoms with Crippen LogP contribution in [0.25, 0.3) is 0 Å². The van der Waals surface area contributed by atoms with E-state index in [1.807, 2.05) is 0 Å². The fourth-order valence-corrected chi connectivity index (χ4v) is 4.13. The van der Waals surface area contributed by atoms with Gasteiger partial charge in [0.15, 0.2) is 5.69 Å². The van der Waals surface area contributed by atoms with Crippen LogP contribution in [0.3, 0.4) is 0 Å². The number of halogens is 5. The molecule has 0 saturated carbocycles. The molecule has 0 spiro atoms. The molecule has 2 aromatic heterocycles. The number of pyridine rings is 1. The van der Waals surface area contributed by atoms with Crippen molar-refractivity contribution in [3.8, 4) is 0 Å². The Morgan fingerprint density at radius 1 is 1.09 bits per heavy atom. The minimum Gasteiger partial charge on any atom is -0.350 e. The summed E-state index contributed by atoms with van der Waals surface area (Å²) in [6.45, 7) is 2.39. The SMILES string of the molecule is CC(=O)N1CCC(c2cc(Nc3cnc(C(F)(F)F)cn3)nc(N3CCC(F)(F)C3)c2)CC1. The Hall–Kier alpha value is -3.05. The third-order valence-corrected chi connectivity index (χ3v) is 5.94. The van der Waals surface area contributed by atoms with Crippen LogP contribution < -0.4 is 10.2 Å². The second kappa shape index (κ2) is 8.71. The van der Waals surface area contributed by atoms with Gasteiger partial charge in [-0.15, -0.1) is 0 Å². The van der Waals surface area contributed by atoms with E-state index in [0.717, 1.165) is 11.8 Å². The number of carbonyl (C=O) groups excluding carboxylic acids is 1. The first kappa shape index (κ1) is 23.1. The van der Waals surface area contributed by atoms with Crippen LogP contribution >= 0.6 is 0 Å². The fraction of sp³-hybridized carbons (Fsp3) is 0.524. The van der Waals surface area contributed by atoms with Crippen LogP contribution in [0.15, 0.2) is 24.5 Å². The number of likely N-dealkylation sites (tertiary alicyclic amines) is 1. The van der Waals surface area contributed by atoms with Gasteiger partial charge in [0, 0.05) is 33.0 Å². The molecule has 0 bridgehead atoms. The highest BCUT2D eigenvalue weighted by molar-refractivity contribution is 5.73. The van der Waals surface area contributed by atoms with Gasteiger partial charge in [-0.05, 0) is 36.5 Å². The number of nitrogens with zero attached hydrogens (tertiary/aromatic N) is 5. The average molecular weight is 470 g/mol. The van der Waals surface area contributed by atoms with Crippen molar-refractivity contribution in [3.05, 3.63) is 35.8 Å². The van der Waals surface area contributed by atoms with Crippen LogP contribution in [0.4, 0.5) is 39.4 Å². The topological polar surface area (TPSA) is 74.2 Å². The maximum Gasteiger partial charge on any atom is 0.434 e. The molecule has 2 saturated heterocycles. The predicted octanol–water partition coefficient (Wildman–Crippen LogP) is 4.21. The van der Waals surface area contributed by atoms with Gasteiger partial charge in [-0.25, -0.2) is 23.7 Å².